The van der Waals surface area contributed by atoms with Gasteiger partial charge in [-0.3, -0.25) is 0 Å². The summed E-state index contributed by atoms with van der Waals surface area (Å²) in [6.45, 7) is 12.7. The Labute approximate surface area is 95.3 Å². The molecule has 15 heavy (non-hydrogen) atoms. The molecule has 0 aromatic heterocycles. The Kier molecular flexibility index (Phi) is 4.39. The molecule has 0 saturated heterocycles. The fourth-order valence-electron chi connectivity index (χ4n) is 2.10. The van der Waals surface area contributed by atoms with Crippen molar-refractivity contribution in [2.24, 2.45) is 11.3 Å². The van der Waals surface area contributed by atoms with Crippen LogP contribution in [0.2, 0.25) is 0 Å². The van der Waals surface area contributed by atoms with Gasteiger partial charge in [0.05, 0.1) is 0 Å². The van der Waals surface area contributed by atoms with E-state index in [1.54, 1.807) is 5.57 Å². The first-order chi connectivity index (χ1) is 6.89. The Morgan fingerprint density at radius 2 is 2.07 bits per heavy atom. The molecule has 1 unspecified atom stereocenters. The average molecular weight is 209 g/mol. The van der Waals surface area contributed by atoms with Crippen molar-refractivity contribution in [2.45, 2.75) is 59.9 Å². The van der Waals surface area contributed by atoms with Crippen molar-refractivity contribution >= 4 is 0 Å². The van der Waals surface area contributed by atoms with Crippen LogP contribution in [0.25, 0.3) is 0 Å². The van der Waals surface area contributed by atoms with Crippen LogP contribution in [0.4, 0.5) is 0 Å². The molecular formula is C14H27N. The molecule has 1 rings (SSSR count). The molecule has 0 amide bonds. The second kappa shape index (κ2) is 5.16. The Bertz CT molecular complexity index is 220. The molecule has 1 heteroatoms. The van der Waals surface area contributed by atoms with Crippen LogP contribution in [0.1, 0.15) is 53.9 Å². The summed E-state index contributed by atoms with van der Waals surface area (Å²) in [6, 6.07) is 0.721. The van der Waals surface area contributed by atoms with Gasteiger partial charge in [0.2, 0.25) is 0 Å². The molecule has 1 N–H and O–H groups in total. The molecule has 0 aromatic rings. The number of hydrogen-bond donors (Lipinski definition) is 1. The van der Waals surface area contributed by atoms with Gasteiger partial charge in [-0.2, -0.15) is 0 Å². The molecule has 1 aliphatic carbocycles. The van der Waals surface area contributed by atoms with Crippen LogP contribution >= 0.6 is 0 Å². The molecule has 0 bridgehead atoms. The minimum Gasteiger partial charge on any atom is -0.313 e. The molecule has 0 fully saturated rings. The molecule has 0 aromatic carbocycles. The highest BCUT2D eigenvalue weighted by atomic mass is 14.9. The van der Waals surface area contributed by atoms with E-state index in [9.17, 15) is 0 Å². The highest BCUT2D eigenvalue weighted by Crippen LogP contribution is 2.33. The van der Waals surface area contributed by atoms with Gasteiger partial charge in [-0.1, -0.05) is 46.3 Å². The van der Waals surface area contributed by atoms with Crippen molar-refractivity contribution in [3.63, 3.8) is 0 Å². The summed E-state index contributed by atoms with van der Waals surface area (Å²) in [7, 11) is 0. The van der Waals surface area contributed by atoms with Gasteiger partial charge in [-0.15, -0.1) is 0 Å². The van der Waals surface area contributed by atoms with Gasteiger partial charge in [0.15, 0.2) is 0 Å². The first-order valence-corrected chi connectivity index (χ1v) is 6.32. The summed E-state index contributed by atoms with van der Waals surface area (Å²) < 4.78 is 0. The number of hydrogen-bond acceptors (Lipinski definition) is 1. The minimum atomic E-state index is 0.378. The molecule has 0 aliphatic heterocycles. The van der Waals surface area contributed by atoms with Crippen molar-refractivity contribution in [1.29, 1.82) is 0 Å². The van der Waals surface area contributed by atoms with E-state index < -0.39 is 0 Å². The van der Waals surface area contributed by atoms with Crippen LogP contribution in [-0.2, 0) is 0 Å². The van der Waals surface area contributed by atoms with E-state index in [1.807, 2.05) is 0 Å². The third-order valence-corrected chi connectivity index (χ3v) is 3.19. The third kappa shape index (κ3) is 4.38. The van der Waals surface area contributed by atoms with Gasteiger partial charge < -0.3 is 5.32 Å². The normalized spacial score (nSPS) is 23.1. The van der Waals surface area contributed by atoms with Crippen molar-refractivity contribution in [3.05, 3.63) is 11.6 Å². The maximum absolute atomic E-state index is 3.65. The molecule has 0 radical (unpaired) electrons. The standard InChI is InChI=1S/C14H27N/c1-11(2)10-15-13-8-6-12(7-9-13)14(3,4)5/h6,11,13,15H,7-10H2,1-5H3. The maximum atomic E-state index is 3.65. The number of rotatable bonds is 3. The van der Waals surface area contributed by atoms with E-state index in [0.717, 1.165) is 18.5 Å². The van der Waals surface area contributed by atoms with E-state index in [0.29, 0.717) is 5.41 Å². The van der Waals surface area contributed by atoms with Crippen LogP contribution in [0, 0.1) is 11.3 Å². The molecule has 0 spiro atoms. The SMILES string of the molecule is CC(C)CNC1CC=C(C(C)(C)C)CC1. The zero-order valence-corrected chi connectivity index (χ0v) is 11.1. The first-order valence-electron chi connectivity index (χ1n) is 6.32. The summed E-state index contributed by atoms with van der Waals surface area (Å²) in [5, 5.41) is 3.65. The molecule has 88 valence electrons. The van der Waals surface area contributed by atoms with Gasteiger partial charge in [0, 0.05) is 6.04 Å². The highest BCUT2D eigenvalue weighted by Gasteiger charge is 2.22. The molecular weight excluding hydrogens is 182 g/mol. The Hall–Kier alpha value is -0.300. The minimum absolute atomic E-state index is 0.378. The molecule has 0 heterocycles. The van der Waals surface area contributed by atoms with Crippen LogP contribution < -0.4 is 5.32 Å². The quantitative estimate of drug-likeness (QED) is 0.698. The predicted molar refractivity (Wildman–Crippen MR) is 68.0 cm³/mol. The van der Waals surface area contributed by atoms with Gasteiger partial charge in [0.25, 0.3) is 0 Å². The van der Waals surface area contributed by atoms with Crippen molar-refractivity contribution < 1.29 is 0 Å². The van der Waals surface area contributed by atoms with Crippen molar-refractivity contribution in [2.75, 3.05) is 6.54 Å². The van der Waals surface area contributed by atoms with Gasteiger partial charge in [-0.25, -0.2) is 0 Å². The lowest BCUT2D eigenvalue weighted by Crippen LogP contribution is -2.34. The lowest BCUT2D eigenvalue weighted by atomic mass is 9.79. The lowest BCUT2D eigenvalue weighted by Gasteiger charge is -2.30. The molecule has 1 aliphatic rings. The first kappa shape index (κ1) is 12.8. The highest BCUT2D eigenvalue weighted by molar-refractivity contribution is 5.14. The van der Waals surface area contributed by atoms with E-state index in [-0.39, 0.29) is 0 Å². The van der Waals surface area contributed by atoms with Crippen LogP contribution in [0.15, 0.2) is 11.6 Å². The summed E-state index contributed by atoms with van der Waals surface area (Å²) in [4.78, 5) is 0. The van der Waals surface area contributed by atoms with E-state index >= 15 is 0 Å². The van der Waals surface area contributed by atoms with Crippen LogP contribution in [-0.4, -0.2) is 12.6 Å². The monoisotopic (exact) mass is 209 g/mol. The number of allylic oxidation sites excluding steroid dienone is 1. The Morgan fingerprint density at radius 1 is 1.40 bits per heavy atom. The van der Waals surface area contributed by atoms with Crippen molar-refractivity contribution in [3.8, 4) is 0 Å². The van der Waals surface area contributed by atoms with E-state index in [2.05, 4.69) is 46.0 Å². The van der Waals surface area contributed by atoms with Gasteiger partial charge in [-0.05, 0) is 37.1 Å². The summed E-state index contributed by atoms with van der Waals surface area (Å²) >= 11 is 0. The topological polar surface area (TPSA) is 12.0 Å². The zero-order valence-electron chi connectivity index (χ0n) is 11.1. The van der Waals surface area contributed by atoms with Gasteiger partial charge in [0.1, 0.15) is 0 Å². The number of nitrogens with one attached hydrogen (secondary N) is 1. The summed E-state index contributed by atoms with van der Waals surface area (Å²) in [5.41, 5.74) is 2.02. The van der Waals surface area contributed by atoms with Crippen LogP contribution in [0.3, 0.4) is 0 Å². The lowest BCUT2D eigenvalue weighted by molar-refractivity contribution is 0.395. The van der Waals surface area contributed by atoms with Crippen LogP contribution in [0.5, 0.6) is 0 Å². The maximum Gasteiger partial charge on any atom is 0.0105 e. The predicted octanol–water partition coefficient (Wildman–Crippen LogP) is 3.76. The van der Waals surface area contributed by atoms with E-state index in [4.69, 9.17) is 0 Å². The smallest absolute Gasteiger partial charge is 0.0105 e. The summed E-state index contributed by atoms with van der Waals surface area (Å²) in [5.74, 6) is 0.762. The Balaban J connectivity index is 2.38. The average Bonchev–Trinajstić information content (AvgIpc) is 2.14. The second-order valence-electron chi connectivity index (χ2n) is 6.25. The Morgan fingerprint density at radius 3 is 2.47 bits per heavy atom. The molecule has 1 nitrogen and oxygen atoms in total. The second-order valence-corrected chi connectivity index (χ2v) is 6.25. The van der Waals surface area contributed by atoms with Gasteiger partial charge >= 0.3 is 0 Å². The third-order valence-electron chi connectivity index (χ3n) is 3.19. The molecule has 0 saturated carbocycles. The molecule has 1 atom stereocenters. The fourth-order valence-corrected chi connectivity index (χ4v) is 2.10. The van der Waals surface area contributed by atoms with Crippen molar-refractivity contribution in [1.82, 2.24) is 5.32 Å². The largest absolute Gasteiger partial charge is 0.313 e. The summed E-state index contributed by atoms with van der Waals surface area (Å²) in [6.07, 6.45) is 6.27. The zero-order chi connectivity index (χ0) is 11.5. The fraction of sp³-hybridized carbons (Fsp3) is 0.857. The van der Waals surface area contributed by atoms with E-state index in [1.165, 1.54) is 19.3 Å².